The lowest BCUT2D eigenvalue weighted by Gasteiger charge is -2.32. The first-order valence-electron chi connectivity index (χ1n) is 7.80. The van der Waals surface area contributed by atoms with Gasteiger partial charge in [-0.15, -0.1) is 0 Å². The maximum Gasteiger partial charge on any atom is 0.224 e. The van der Waals surface area contributed by atoms with Crippen LogP contribution < -0.4 is 5.32 Å². The van der Waals surface area contributed by atoms with Gasteiger partial charge in [0.15, 0.2) is 9.84 Å². The van der Waals surface area contributed by atoms with Crippen molar-refractivity contribution in [2.75, 3.05) is 11.5 Å². The van der Waals surface area contributed by atoms with Gasteiger partial charge >= 0.3 is 0 Å². The highest BCUT2D eigenvalue weighted by Gasteiger charge is 2.43. The molecule has 1 aromatic carbocycles. The number of nitrogens with one attached hydrogen (secondary N) is 1. The van der Waals surface area contributed by atoms with E-state index in [-0.39, 0.29) is 23.5 Å². The Kier molecular flexibility index (Phi) is 4.16. The summed E-state index contributed by atoms with van der Waals surface area (Å²) >= 11 is 0. The van der Waals surface area contributed by atoms with E-state index in [9.17, 15) is 22.0 Å². The van der Waals surface area contributed by atoms with Crippen molar-refractivity contribution in [2.24, 2.45) is 5.92 Å². The minimum atomic E-state index is -3.18. The van der Waals surface area contributed by atoms with Crippen molar-refractivity contribution in [3.8, 4) is 0 Å². The molecule has 1 heterocycles. The second-order valence-corrected chi connectivity index (χ2v) is 8.70. The topological polar surface area (TPSA) is 63.2 Å². The third-order valence-electron chi connectivity index (χ3n) is 4.86. The molecule has 2 aliphatic rings. The van der Waals surface area contributed by atoms with E-state index in [1.807, 2.05) is 0 Å². The summed E-state index contributed by atoms with van der Waals surface area (Å²) in [6.07, 6.45) is 2.70. The van der Waals surface area contributed by atoms with Crippen molar-refractivity contribution < 1.29 is 22.0 Å². The zero-order valence-corrected chi connectivity index (χ0v) is 13.5. The first-order chi connectivity index (χ1) is 10.8. The number of hydrogen-bond donors (Lipinski definition) is 1. The first kappa shape index (κ1) is 16.4. The molecule has 0 radical (unpaired) electrons. The van der Waals surface area contributed by atoms with E-state index in [0.29, 0.717) is 12.8 Å². The smallest absolute Gasteiger partial charge is 0.224 e. The van der Waals surface area contributed by atoms with Crippen LogP contribution in [0.25, 0.3) is 0 Å². The van der Waals surface area contributed by atoms with Gasteiger partial charge in [-0.05, 0) is 31.4 Å². The largest absolute Gasteiger partial charge is 0.346 e. The Morgan fingerprint density at radius 1 is 1.17 bits per heavy atom. The molecule has 1 aromatic rings. The Bertz CT molecular complexity index is 707. The Morgan fingerprint density at radius 2 is 1.78 bits per heavy atom. The molecule has 4 nitrogen and oxygen atoms in total. The van der Waals surface area contributed by atoms with Crippen LogP contribution in [-0.4, -0.2) is 25.8 Å². The fourth-order valence-electron chi connectivity index (χ4n) is 3.71. The predicted molar refractivity (Wildman–Crippen MR) is 81.4 cm³/mol. The normalized spacial score (nSPS) is 25.4. The van der Waals surface area contributed by atoms with Crippen LogP contribution in [-0.2, 0) is 20.2 Å². The number of halogens is 2. The SMILES string of the molecule is O=C(NC1(c2c(F)cccc2F)CCCC1)C1CCS(=O)(=O)C1. The average molecular weight is 343 g/mol. The molecule has 2 fully saturated rings. The molecule has 1 N–H and O–H groups in total. The van der Waals surface area contributed by atoms with Gasteiger partial charge in [0.25, 0.3) is 0 Å². The monoisotopic (exact) mass is 343 g/mol. The predicted octanol–water partition coefficient (Wildman–Crippen LogP) is 2.29. The molecule has 0 aromatic heterocycles. The van der Waals surface area contributed by atoms with Gasteiger partial charge in [-0.1, -0.05) is 18.9 Å². The van der Waals surface area contributed by atoms with Crippen molar-refractivity contribution in [2.45, 2.75) is 37.6 Å². The molecule has 23 heavy (non-hydrogen) atoms. The molecule has 0 bridgehead atoms. The average Bonchev–Trinajstić information content (AvgIpc) is 3.06. The van der Waals surface area contributed by atoms with Crippen LogP contribution in [0.5, 0.6) is 0 Å². The molecule has 1 aliphatic heterocycles. The lowest BCUT2D eigenvalue weighted by molar-refractivity contribution is -0.126. The molecule has 3 rings (SSSR count). The van der Waals surface area contributed by atoms with Crippen LogP contribution in [0.3, 0.4) is 0 Å². The summed E-state index contributed by atoms with van der Waals surface area (Å²) in [5, 5.41) is 2.79. The lowest BCUT2D eigenvalue weighted by atomic mass is 9.86. The summed E-state index contributed by atoms with van der Waals surface area (Å²) in [7, 11) is -3.18. The number of rotatable bonds is 3. The van der Waals surface area contributed by atoms with Gasteiger partial charge in [-0.2, -0.15) is 0 Å². The molecule has 1 aliphatic carbocycles. The van der Waals surface area contributed by atoms with Crippen molar-refractivity contribution in [1.82, 2.24) is 5.32 Å². The molecular formula is C16H19F2NO3S. The Balaban J connectivity index is 1.89. The Labute approximate surface area is 134 Å². The highest BCUT2D eigenvalue weighted by atomic mass is 32.2. The first-order valence-corrected chi connectivity index (χ1v) is 9.62. The van der Waals surface area contributed by atoms with Crippen LogP contribution in [0.1, 0.15) is 37.7 Å². The second-order valence-electron chi connectivity index (χ2n) is 6.48. The van der Waals surface area contributed by atoms with Crippen LogP contribution in [0, 0.1) is 17.6 Å². The number of benzene rings is 1. The number of amides is 1. The zero-order valence-electron chi connectivity index (χ0n) is 12.6. The van der Waals surface area contributed by atoms with Gasteiger partial charge < -0.3 is 5.32 Å². The van der Waals surface area contributed by atoms with Gasteiger partial charge in [-0.3, -0.25) is 4.79 Å². The summed E-state index contributed by atoms with van der Waals surface area (Å²) < 4.78 is 51.5. The van der Waals surface area contributed by atoms with E-state index >= 15 is 0 Å². The zero-order chi connectivity index (χ0) is 16.7. The van der Waals surface area contributed by atoms with Gasteiger partial charge in [-0.25, -0.2) is 17.2 Å². The summed E-state index contributed by atoms with van der Waals surface area (Å²) in [6.45, 7) is 0. The van der Waals surface area contributed by atoms with E-state index in [4.69, 9.17) is 0 Å². The Morgan fingerprint density at radius 3 is 2.30 bits per heavy atom. The standard InChI is InChI=1S/C16H19F2NO3S/c17-12-4-3-5-13(18)14(12)16(7-1-2-8-16)19-15(20)11-6-9-23(21,22)10-11/h3-5,11H,1-2,6-10H2,(H,19,20). The van der Waals surface area contributed by atoms with E-state index in [0.717, 1.165) is 12.8 Å². The lowest BCUT2D eigenvalue weighted by Crippen LogP contribution is -2.47. The molecule has 0 spiro atoms. The molecule has 1 atom stereocenters. The maximum atomic E-state index is 14.2. The summed E-state index contributed by atoms with van der Waals surface area (Å²) in [5.74, 6) is -2.60. The van der Waals surface area contributed by atoms with Gasteiger partial charge in [0.05, 0.1) is 23.0 Å². The maximum absolute atomic E-state index is 14.2. The minimum Gasteiger partial charge on any atom is -0.346 e. The highest BCUT2D eigenvalue weighted by Crippen LogP contribution is 2.41. The van der Waals surface area contributed by atoms with Crippen LogP contribution in [0.4, 0.5) is 8.78 Å². The van der Waals surface area contributed by atoms with Crippen LogP contribution in [0.2, 0.25) is 0 Å². The third kappa shape index (κ3) is 3.11. The van der Waals surface area contributed by atoms with E-state index in [1.165, 1.54) is 18.2 Å². The summed E-state index contributed by atoms with van der Waals surface area (Å²) in [6, 6.07) is 3.66. The van der Waals surface area contributed by atoms with Crippen molar-refractivity contribution >= 4 is 15.7 Å². The molecule has 1 amide bonds. The van der Waals surface area contributed by atoms with Gasteiger partial charge in [0, 0.05) is 5.56 Å². The molecule has 126 valence electrons. The van der Waals surface area contributed by atoms with E-state index < -0.39 is 38.8 Å². The molecule has 1 saturated heterocycles. The van der Waals surface area contributed by atoms with Gasteiger partial charge in [0.1, 0.15) is 11.6 Å². The summed E-state index contributed by atoms with van der Waals surface area (Å²) in [5.41, 5.74) is -1.18. The van der Waals surface area contributed by atoms with E-state index in [2.05, 4.69) is 5.32 Å². The molecular weight excluding hydrogens is 324 g/mol. The van der Waals surface area contributed by atoms with E-state index in [1.54, 1.807) is 0 Å². The van der Waals surface area contributed by atoms with Crippen molar-refractivity contribution in [3.63, 3.8) is 0 Å². The second kappa shape index (κ2) is 5.85. The fourth-order valence-corrected chi connectivity index (χ4v) is 5.45. The molecule has 7 heteroatoms. The van der Waals surface area contributed by atoms with Crippen LogP contribution in [0.15, 0.2) is 18.2 Å². The number of carbonyl (C=O) groups excluding carboxylic acids is 1. The van der Waals surface area contributed by atoms with Crippen LogP contribution >= 0.6 is 0 Å². The molecule has 1 saturated carbocycles. The number of sulfone groups is 1. The van der Waals surface area contributed by atoms with Crippen molar-refractivity contribution in [1.29, 1.82) is 0 Å². The number of hydrogen-bond acceptors (Lipinski definition) is 3. The quantitative estimate of drug-likeness (QED) is 0.916. The molecule has 1 unspecified atom stereocenters. The van der Waals surface area contributed by atoms with Gasteiger partial charge in [0.2, 0.25) is 5.91 Å². The number of carbonyl (C=O) groups is 1. The third-order valence-corrected chi connectivity index (χ3v) is 6.63. The van der Waals surface area contributed by atoms with Crippen molar-refractivity contribution in [3.05, 3.63) is 35.4 Å². The fraction of sp³-hybridized carbons (Fsp3) is 0.562. The Hall–Kier alpha value is -1.50. The summed E-state index contributed by atoms with van der Waals surface area (Å²) in [4.78, 5) is 12.5. The minimum absolute atomic E-state index is 0.00779. The highest BCUT2D eigenvalue weighted by molar-refractivity contribution is 7.91.